The van der Waals surface area contributed by atoms with Crippen LogP contribution in [0.5, 0.6) is 0 Å². The van der Waals surface area contributed by atoms with Crippen molar-refractivity contribution in [3.05, 3.63) is 57.4 Å². The number of rotatable bonds is 4. The molecule has 5 nitrogen and oxygen atoms in total. The first kappa shape index (κ1) is 12.4. The Morgan fingerprint density at radius 1 is 1.44 bits per heavy atom. The lowest BCUT2D eigenvalue weighted by molar-refractivity contribution is -0.384. The molecule has 2 aromatic rings. The first-order valence-corrected chi connectivity index (χ1v) is 5.73. The molecular weight excluding hydrogens is 254 g/mol. The van der Waals surface area contributed by atoms with Gasteiger partial charge < -0.3 is 9.88 Å². The van der Waals surface area contributed by atoms with Crippen LogP contribution in [0.25, 0.3) is 0 Å². The Bertz CT molecular complexity index is 580. The molecule has 1 aromatic carbocycles. The van der Waals surface area contributed by atoms with E-state index in [4.69, 9.17) is 11.6 Å². The van der Waals surface area contributed by atoms with Crippen LogP contribution in [0.1, 0.15) is 5.56 Å². The second-order valence-corrected chi connectivity index (χ2v) is 4.37. The van der Waals surface area contributed by atoms with Gasteiger partial charge >= 0.3 is 0 Å². The zero-order valence-corrected chi connectivity index (χ0v) is 10.5. The Hall–Kier alpha value is -2.01. The molecule has 0 bridgehead atoms. The molecule has 0 saturated heterocycles. The molecule has 0 aliphatic rings. The molecule has 18 heavy (non-hydrogen) atoms. The topological polar surface area (TPSA) is 60.1 Å². The summed E-state index contributed by atoms with van der Waals surface area (Å²) in [6.07, 6.45) is 3.96. The molecule has 0 radical (unpaired) electrons. The standard InChI is InChI=1S/C12H12ClN3O2/c1-15-5-4-9(8-15)7-14-10-2-3-12(16(17)18)11(13)6-10/h2-6,8,14H,7H2,1H3. The van der Waals surface area contributed by atoms with E-state index >= 15 is 0 Å². The Balaban J connectivity index is 2.06. The molecule has 2 rings (SSSR count). The summed E-state index contributed by atoms with van der Waals surface area (Å²) in [7, 11) is 1.95. The quantitative estimate of drug-likeness (QED) is 0.682. The van der Waals surface area contributed by atoms with E-state index < -0.39 is 4.92 Å². The van der Waals surface area contributed by atoms with Crippen molar-refractivity contribution in [1.29, 1.82) is 0 Å². The predicted octanol–water partition coefficient (Wildman–Crippen LogP) is 3.20. The summed E-state index contributed by atoms with van der Waals surface area (Å²) in [6.45, 7) is 0.648. The number of hydrogen-bond acceptors (Lipinski definition) is 3. The third kappa shape index (κ3) is 2.81. The van der Waals surface area contributed by atoms with E-state index in [0.717, 1.165) is 11.3 Å². The fraction of sp³-hybridized carbons (Fsp3) is 0.167. The normalized spacial score (nSPS) is 10.3. The van der Waals surface area contributed by atoms with Crippen molar-refractivity contribution >= 4 is 23.0 Å². The van der Waals surface area contributed by atoms with Crippen molar-refractivity contribution in [2.45, 2.75) is 6.54 Å². The average molecular weight is 266 g/mol. The van der Waals surface area contributed by atoms with E-state index in [1.807, 2.05) is 30.1 Å². The monoisotopic (exact) mass is 265 g/mol. The fourth-order valence-electron chi connectivity index (χ4n) is 1.63. The van der Waals surface area contributed by atoms with Gasteiger partial charge in [-0.3, -0.25) is 10.1 Å². The maximum absolute atomic E-state index is 10.6. The molecule has 6 heteroatoms. The highest BCUT2D eigenvalue weighted by atomic mass is 35.5. The SMILES string of the molecule is Cn1ccc(CNc2ccc([N+](=O)[O-])c(Cl)c2)c1. The van der Waals surface area contributed by atoms with Gasteiger partial charge in [-0.1, -0.05) is 11.6 Å². The van der Waals surface area contributed by atoms with Crippen molar-refractivity contribution in [1.82, 2.24) is 4.57 Å². The van der Waals surface area contributed by atoms with Crippen LogP contribution in [0.3, 0.4) is 0 Å². The van der Waals surface area contributed by atoms with E-state index in [1.165, 1.54) is 6.07 Å². The van der Waals surface area contributed by atoms with Crippen molar-refractivity contribution in [3.63, 3.8) is 0 Å². The van der Waals surface area contributed by atoms with Gasteiger partial charge in [0.05, 0.1) is 4.92 Å². The van der Waals surface area contributed by atoms with Crippen LogP contribution in [-0.2, 0) is 13.6 Å². The highest BCUT2D eigenvalue weighted by molar-refractivity contribution is 6.32. The van der Waals surface area contributed by atoms with Crippen LogP contribution < -0.4 is 5.32 Å². The summed E-state index contributed by atoms with van der Waals surface area (Å²) in [5, 5.41) is 13.9. The fourth-order valence-corrected chi connectivity index (χ4v) is 1.88. The van der Waals surface area contributed by atoms with Crippen molar-refractivity contribution in [2.24, 2.45) is 7.05 Å². The number of nitrogens with one attached hydrogen (secondary N) is 1. The van der Waals surface area contributed by atoms with Crippen LogP contribution in [-0.4, -0.2) is 9.49 Å². The summed E-state index contributed by atoms with van der Waals surface area (Å²) in [6, 6.07) is 6.60. The predicted molar refractivity (Wildman–Crippen MR) is 70.8 cm³/mol. The number of anilines is 1. The molecule has 0 aliphatic carbocycles. The second kappa shape index (κ2) is 5.10. The zero-order chi connectivity index (χ0) is 13.1. The molecule has 0 atom stereocenters. The average Bonchev–Trinajstić information content (AvgIpc) is 2.72. The van der Waals surface area contributed by atoms with E-state index in [-0.39, 0.29) is 10.7 Å². The maximum Gasteiger partial charge on any atom is 0.288 e. The number of nitro benzene ring substituents is 1. The van der Waals surface area contributed by atoms with E-state index in [0.29, 0.717) is 6.54 Å². The highest BCUT2D eigenvalue weighted by Gasteiger charge is 2.11. The number of aromatic nitrogens is 1. The van der Waals surface area contributed by atoms with E-state index in [1.54, 1.807) is 12.1 Å². The van der Waals surface area contributed by atoms with Crippen LogP contribution in [0, 0.1) is 10.1 Å². The minimum Gasteiger partial charge on any atom is -0.381 e. The number of aryl methyl sites for hydroxylation is 1. The number of hydrogen-bond donors (Lipinski definition) is 1. The minimum atomic E-state index is -0.497. The lowest BCUT2D eigenvalue weighted by Gasteiger charge is -2.05. The Morgan fingerprint density at radius 3 is 2.78 bits per heavy atom. The molecule has 0 amide bonds. The second-order valence-electron chi connectivity index (χ2n) is 3.96. The number of nitrogens with zero attached hydrogens (tertiary/aromatic N) is 2. The van der Waals surface area contributed by atoms with Crippen LogP contribution in [0.2, 0.25) is 5.02 Å². The summed E-state index contributed by atoms with van der Waals surface area (Å²) in [5.41, 5.74) is 1.81. The maximum atomic E-state index is 10.6. The zero-order valence-electron chi connectivity index (χ0n) is 9.76. The van der Waals surface area contributed by atoms with Gasteiger partial charge in [-0.15, -0.1) is 0 Å². The van der Waals surface area contributed by atoms with Crippen LogP contribution >= 0.6 is 11.6 Å². The molecule has 1 aromatic heterocycles. The lowest BCUT2D eigenvalue weighted by Crippen LogP contribution is -1.99. The summed E-state index contributed by atoms with van der Waals surface area (Å²) in [5.74, 6) is 0. The third-order valence-corrected chi connectivity index (χ3v) is 2.84. The van der Waals surface area contributed by atoms with Crippen LogP contribution in [0.15, 0.2) is 36.7 Å². The first-order chi connectivity index (χ1) is 8.56. The van der Waals surface area contributed by atoms with Gasteiger partial charge in [0.1, 0.15) is 5.02 Å². The number of halogens is 1. The summed E-state index contributed by atoms with van der Waals surface area (Å²) < 4.78 is 1.96. The Labute approximate surface area is 109 Å². The van der Waals surface area contributed by atoms with Gasteiger partial charge in [0.2, 0.25) is 0 Å². The largest absolute Gasteiger partial charge is 0.381 e. The smallest absolute Gasteiger partial charge is 0.288 e. The van der Waals surface area contributed by atoms with E-state index in [9.17, 15) is 10.1 Å². The molecule has 0 aliphatic heterocycles. The van der Waals surface area contributed by atoms with Gasteiger partial charge in [-0.05, 0) is 23.8 Å². The summed E-state index contributed by atoms with van der Waals surface area (Å²) in [4.78, 5) is 10.1. The van der Waals surface area contributed by atoms with Crippen molar-refractivity contribution in [2.75, 3.05) is 5.32 Å². The molecule has 0 spiro atoms. The minimum absolute atomic E-state index is 0.0815. The number of nitro groups is 1. The lowest BCUT2D eigenvalue weighted by atomic mass is 10.2. The van der Waals surface area contributed by atoms with Crippen LogP contribution in [0.4, 0.5) is 11.4 Å². The van der Waals surface area contributed by atoms with Gasteiger partial charge in [0.25, 0.3) is 5.69 Å². The Morgan fingerprint density at radius 2 is 2.22 bits per heavy atom. The van der Waals surface area contributed by atoms with Crippen molar-refractivity contribution in [3.8, 4) is 0 Å². The molecule has 1 heterocycles. The van der Waals surface area contributed by atoms with Gasteiger partial charge in [-0.25, -0.2) is 0 Å². The third-order valence-electron chi connectivity index (χ3n) is 2.53. The van der Waals surface area contributed by atoms with E-state index in [2.05, 4.69) is 5.32 Å². The molecule has 0 fully saturated rings. The molecule has 0 unspecified atom stereocenters. The van der Waals surface area contributed by atoms with Gasteiger partial charge in [0.15, 0.2) is 0 Å². The van der Waals surface area contributed by atoms with Gasteiger partial charge in [0, 0.05) is 37.7 Å². The van der Waals surface area contributed by atoms with Crippen molar-refractivity contribution < 1.29 is 4.92 Å². The summed E-state index contributed by atoms with van der Waals surface area (Å²) >= 11 is 5.82. The molecule has 1 N–H and O–H groups in total. The number of benzene rings is 1. The van der Waals surface area contributed by atoms with Gasteiger partial charge in [-0.2, -0.15) is 0 Å². The highest BCUT2D eigenvalue weighted by Crippen LogP contribution is 2.27. The molecular formula is C12H12ClN3O2. The molecule has 94 valence electrons. The first-order valence-electron chi connectivity index (χ1n) is 5.35. The Kier molecular flexibility index (Phi) is 3.53. The molecule has 0 saturated carbocycles.